The van der Waals surface area contributed by atoms with Gasteiger partial charge in [0, 0.05) is 31.2 Å². The van der Waals surface area contributed by atoms with Crippen LogP contribution in [0.25, 0.3) is 0 Å². The van der Waals surface area contributed by atoms with E-state index in [-0.39, 0.29) is 6.10 Å². The Kier molecular flexibility index (Phi) is 4.51. The minimum absolute atomic E-state index is 0.235. The second kappa shape index (κ2) is 6.37. The molecule has 1 aromatic rings. The SMILES string of the molecule is CC(C)Oc1ccc(C(C)NC2CCN(C3CC3)C2)cc1. The lowest BCUT2D eigenvalue weighted by molar-refractivity contribution is 0.242. The zero-order valence-corrected chi connectivity index (χ0v) is 13.5. The highest BCUT2D eigenvalue weighted by atomic mass is 16.5. The van der Waals surface area contributed by atoms with Crippen molar-refractivity contribution in [3.63, 3.8) is 0 Å². The normalized spacial score (nSPS) is 24.5. The molecule has 1 aromatic carbocycles. The molecular weight excluding hydrogens is 260 g/mol. The number of hydrogen-bond donors (Lipinski definition) is 1. The van der Waals surface area contributed by atoms with Gasteiger partial charge in [-0.3, -0.25) is 4.90 Å². The quantitative estimate of drug-likeness (QED) is 0.868. The van der Waals surface area contributed by atoms with Gasteiger partial charge in [0.1, 0.15) is 5.75 Å². The van der Waals surface area contributed by atoms with E-state index in [1.165, 1.54) is 37.9 Å². The zero-order valence-electron chi connectivity index (χ0n) is 13.5. The first-order chi connectivity index (χ1) is 10.1. The van der Waals surface area contributed by atoms with Crippen molar-refractivity contribution in [2.24, 2.45) is 0 Å². The fraction of sp³-hybridized carbons (Fsp3) is 0.667. The van der Waals surface area contributed by atoms with Crippen LogP contribution in [0.3, 0.4) is 0 Å². The molecule has 3 rings (SSSR count). The third-order valence-electron chi connectivity index (χ3n) is 4.52. The molecule has 0 radical (unpaired) electrons. The highest BCUT2D eigenvalue weighted by molar-refractivity contribution is 5.29. The van der Waals surface area contributed by atoms with Crippen molar-refractivity contribution in [1.82, 2.24) is 10.2 Å². The van der Waals surface area contributed by atoms with Crippen molar-refractivity contribution in [3.05, 3.63) is 29.8 Å². The van der Waals surface area contributed by atoms with Crippen molar-refractivity contribution < 1.29 is 4.74 Å². The van der Waals surface area contributed by atoms with Crippen LogP contribution in [-0.2, 0) is 0 Å². The lowest BCUT2D eigenvalue weighted by Gasteiger charge is -2.21. The van der Waals surface area contributed by atoms with E-state index < -0.39 is 0 Å². The fourth-order valence-electron chi connectivity index (χ4n) is 3.25. The van der Waals surface area contributed by atoms with Crippen LogP contribution in [-0.4, -0.2) is 36.2 Å². The molecule has 0 bridgehead atoms. The van der Waals surface area contributed by atoms with E-state index in [4.69, 9.17) is 4.74 Å². The number of nitrogens with one attached hydrogen (secondary N) is 1. The predicted octanol–water partition coefficient (Wildman–Crippen LogP) is 3.36. The van der Waals surface area contributed by atoms with Crippen molar-refractivity contribution in [1.29, 1.82) is 0 Å². The molecule has 116 valence electrons. The molecule has 1 aliphatic carbocycles. The number of hydrogen-bond acceptors (Lipinski definition) is 3. The van der Waals surface area contributed by atoms with Gasteiger partial charge < -0.3 is 10.1 Å². The maximum absolute atomic E-state index is 5.70. The fourth-order valence-corrected chi connectivity index (χ4v) is 3.25. The molecule has 2 aliphatic rings. The lowest BCUT2D eigenvalue weighted by Crippen LogP contribution is -2.34. The number of nitrogens with zero attached hydrogens (tertiary/aromatic N) is 1. The molecule has 1 heterocycles. The average molecular weight is 288 g/mol. The van der Waals surface area contributed by atoms with Gasteiger partial charge in [-0.15, -0.1) is 0 Å². The summed E-state index contributed by atoms with van der Waals surface area (Å²) in [6, 6.07) is 10.5. The van der Waals surface area contributed by atoms with Gasteiger partial charge in [0.2, 0.25) is 0 Å². The monoisotopic (exact) mass is 288 g/mol. The Balaban J connectivity index is 1.51. The summed E-state index contributed by atoms with van der Waals surface area (Å²) < 4.78 is 5.70. The number of ether oxygens (including phenoxy) is 1. The van der Waals surface area contributed by atoms with Gasteiger partial charge in [-0.05, 0) is 57.7 Å². The van der Waals surface area contributed by atoms with Gasteiger partial charge in [0.05, 0.1) is 6.10 Å². The maximum atomic E-state index is 5.70. The topological polar surface area (TPSA) is 24.5 Å². The Morgan fingerprint density at radius 1 is 1.10 bits per heavy atom. The van der Waals surface area contributed by atoms with Crippen molar-refractivity contribution in [2.75, 3.05) is 13.1 Å². The minimum atomic E-state index is 0.235. The second-order valence-corrected chi connectivity index (χ2v) is 6.84. The van der Waals surface area contributed by atoms with E-state index in [9.17, 15) is 0 Å². The number of benzene rings is 1. The van der Waals surface area contributed by atoms with Gasteiger partial charge in [0.25, 0.3) is 0 Å². The van der Waals surface area contributed by atoms with Crippen molar-refractivity contribution in [3.8, 4) is 5.75 Å². The number of rotatable bonds is 6. The van der Waals surface area contributed by atoms with E-state index in [0.29, 0.717) is 12.1 Å². The molecule has 3 heteroatoms. The molecule has 1 aliphatic heterocycles. The molecule has 21 heavy (non-hydrogen) atoms. The van der Waals surface area contributed by atoms with E-state index in [1.807, 2.05) is 0 Å². The largest absolute Gasteiger partial charge is 0.491 e. The van der Waals surface area contributed by atoms with E-state index in [2.05, 4.69) is 55.3 Å². The molecule has 2 fully saturated rings. The summed E-state index contributed by atoms with van der Waals surface area (Å²) in [4.78, 5) is 2.66. The Labute approximate surface area is 128 Å². The van der Waals surface area contributed by atoms with Gasteiger partial charge in [-0.2, -0.15) is 0 Å². The molecule has 1 N–H and O–H groups in total. The first-order valence-electron chi connectivity index (χ1n) is 8.38. The van der Waals surface area contributed by atoms with Crippen LogP contribution in [0.5, 0.6) is 5.75 Å². The van der Waals surface area contributed by atoms with Gasteiger partial charge >= 0.3 is 0 Å². The first kappa shape index (κ1) is 14.9. The lowest BCUT2D eigenvalue weighted by atomic mass is 10.1. The van der Waals surface area contributed by atoms with E-state index in [1.54, 1.807) is 0 Å². The van der Waals surface area contributed by atoms with Gasteiger partial charge in [-0.1, -0.05) is 12.1 Å². The van der Waals surface area contributed by atoms with Gasteiger partial charge in [-0.25, -0.2) is 0 Å². The smallest absolute Gasteiger partial charge is 0.119 e. The van der Waals surface area contributed by atoms with Crippen LogP contribution in [0.1, 0.15) is 51.6 Å². The molecule has 3 nitrogen and oxygen atoms in total. The first-order valence-corrected chi connectivity index (χ1v) is 8.38. The van der Waals surface area contributed by atoms with Crippen LogP contribution in [0.15, 0.2) is 24.3 Å². The summed E-state index contributed by atoms with van der Waals surface area (Å²) in [6.07, 6.45) is 4.35. The van der Waals surface area contributed by atoms with Crippen molar-refractivity contribution >= 4 is 0 Å². The van der Waals surface area contributed by atoms with Crippen LogP contribution < -0.4 is 10.1 Å². The third kappa shape index (κ3) is 3.98. The summed E-state index contributed by atoms with van der Waals surface area (Å²) in [7, 11) is 0. The summed E-state index contributed by atoms with van der Waals surface area (Å²) in [5.74, 6) is 0.960. The maximum Gasteiger partial charge on any atom is 0.119 e. The third-order valence-corrected chi connectivity index (χ3v) is 4.52. The highest BCUT2D eigenvalue weighted by Gasteiger charge is 2.34. The standard InChI is InChI=1S/C18H28N2O/c1-13(2)21-18-8-4-15(5-9-18)14(3)19-16-10-11-20(12-16)17-6-7-17/h4-5,8-9,13-14,16-17,19H,6-7,10-12H2,1-3H3. The van der Waals surface area contributed by atoms with Crippen LogP contribution in [0, 0.1) is 0 Å². The van der Waals surface area contributed by atoms with Crippen LogP contribution >= 0.6 is 0 Å². The predicted molar refractivity (Wildman–Crippen MR) is 86.8 cm³/mol. The molecular formula is C18H28N2O. The van der Waals surface area contributed by atoms with E-state index in [0.717, 1.165) is 11.8 Å². The molecule has 1 saturated heterocycles. The van der Waals surface area contributed by atoms with Gasteiger partial charge in [0.15, 0.2) is 0 Å². The summed E-state index contributed by atoms with van der Waals surface area (Å²) in [5, 5.41) is 3.79. The number of likely N-dealkylation sites (tertiary alicyclic amines) is 1. The van der Waals surface area contributed by atoms with Crippen LogP contribution in [0.4, 0.5) is 0 Å². The Morgan fingerprint density at radius 3 is 2.43 bits per heavy atom. The summed E-state index contributed by atoms with van der Waals surface area (Å²) in [5.41, 5.74) is 1.34. The summed E-state index contributed by atoms with van der Waals surface area (Å²) >= 11 is 0. The zero-order chi connectivity index (χ0) is 14.8. The molecule has 0 amide bonds. The summed E-state index contributed by atoms with van der Waals surface area (Å²) in [6.45, 7) is 8.88. The Bertz CT molecular complexity index is 453. The second-order valence-electron chi connectivity index (χ2n) is 6.84. The Hall–Kier alpha value is -1.06. The molecule has 2 atom stereocenters. The van der Waals surface area contributed by atoms with E-state index >= 15 is 0 Å². The molecule has 0 aromatic heterocycles. The minimum Gasteiger partial charge on any atom is -0.491 e. The average Bonchev–Trinajstić information content (AvgIpc) is 3.20. The Morgan fingerprint density at radius 2 is 1.81 bits per heavy atom. The van der Waals surface area contributed by atoms with Crippen LogP contribution in [0.2, 0.25) is 0 Å². The molecule has 0 spiro atoms. The molecule has 1 saturated carbocycles. The highest BCUT2D eigenvalue weighted by Crippen LogP contribution is 2.30. The molecule has 2 unspecified atom stereocenters. The van der Waals surface area contributed by atoms with Crippen molar-refractivity contribution in [2.45, 2.75) is 64.3 Å².